The molecule has 1 unspecified atom stereocenters. The number of nitrogens with zero attached hydrogens (tertiary/aromatic N) is 5. The first-order valence-electron chi connectivity index (χ1n) is 5.19. The molecule has 0 aromatic heterocycles. The highest BCUT2D eigenvalue weighted by Crippen LogP contribution is 2.27. The van der Waals surface area contributed by atoms with Gasteiger partial charge in [-0.25, -0.2) is 0 Å². The van der Waals surface area contributed by atoms with E-state index in [1.54, 1.807) is 12.4 Å². The van der Waals surface area contributed by atoms with Crippen molar-refractivity contribution in [2.24, 2.45) is 20.8 Å². The number of rotatable bonds is 1. The summed E-state index contributed by atoms with van der Waals surface area (Å²) in [5.41, 5.74) is 5.64. The standard InChI is InChI=1S/C9H13N6O/c10-9-12-8-5-11-2-4-15(8,13-9)14-3-1-7(16)6-14/h2,4-5,7,16H,1,3,6H2,(H2,10,13)/q+1/t7-,15?/m1/s1. The van der Waals surface area contributed by atoms with Gasteiger partial charge in [-0.15, -0.1) is 10.0 Å². The Kier molecular flexibility index (Phi) is 1.93. The molecule has 7 heteroatoms. The van der Waals surface area contributed by atoms with E-state index in [1.165, 1.54) is 0 Å². The van der Waals surface area contributed by atoms with Gasteiger partial charge in [0.2, 0.25) is 0 Å². The zero-order valence-electron chi connectivity index (χ0n) is 8.69. The molecule has 7 nitrogen and oxygen atoms in total. The Labute approximate surface area is 92.4 Å². The van der Waals surface area contributed by atoms with Crippen LogP contribution in [0.25, 0.3) is 0 Å². The molecule has 2 atom stereocenters. The Bertz CT molecular complexity index is 439. The van der Waals surface area contributed by atoms with Crippen LogP contribution in [-0.2, 0) is 0 Å². The molecule has 3 aliphatic heterocycles. The van der Waals surface area contributed by atoms with Crippen molar-refractivity contribution < 1.29 is 9.81 Å². The Morgan fingerprint density at radius 3 is 3.19 bits per heavy atom. The van der Waals surface area contributed by atoms with E-state index >= 15 is 0 Å². The molecule has 3 N–H and O–H groups in total. The lowest BCUT2D eigenvalue weighted by atomic mass is 10.3. The van der Waals surface area contributed by atoms with Crippen LogP contribution in [0.4, 0.5) is 0 Å². The fourth-order valence-corrected chi connectivity index (χ4v) is 2.19. The number of hydrogen-bond acceptors (Lipinski definition) is 6. The number of nitrogens with two attached hydrogens (primary N) is 1. The van der Waals surface area contributed by atoms with Crippen molar-refractivity contribution in [2.75, 3.05) is 13.1 Å². The molecular weight excluding hydrogens is 208 g/mol. The molecule has 1 fully saturated rings. The summed E-state index contributed by atoms with van der Waals surface area (Å²) in [7, 11) is 0. The van der Waals surface area contributed by atoms with Crippen LogP contribution in [-0.4, -0.2) is 52.0 Å². The SMILES string of the molecule is NC1=N[N+]2(N3CC[C@@H](O)C3)C=CN=CC2=N1. The number of quaternary nitrogens is 1. The molecule has 0 spiro atoms. The van der Waals surface area contributed by atoms with Gasteiger partial charge in [-0.3, -0.25) is 4.99 Å². The summed E-state index contributed by atoms with van der Waals surface area (Å²) in [5, 5.41) is 15.9. The zero-order chi connectivity index (χ0) is 11.2. The van der Waals surface area contributed by atoms with Crippen molar-refractivity contribution in [2.45, 2.75) is 12.5 Å². The molecule has 16 heavy (non-hydrogen) atoms. The molecule has 3 aliphatic rings. The number of fused-ring (bicyclic) bond motifs is 1. The van der Waals surface area contributed by atoms with Gasteiger partial charge >= 0.3 is 5.84 Å². The van der Waals surface area contributed by atoms with E-state index in [-0.39, 0.29) is 16.8 Å². The summed E-state index contributed by atoms with van der Waals surface area (Å²) >= 11 is 0. The predicted molar refractivity (Wildman–Crippen MR) is 59.1 cm³/mol. The van der Waals surface area contributed by atoms with Crippen LogP contribution in [0.5, 0.6) is 0 Å². The van der Waals surface area contributed by atoms with E-state index in [0.29, 0.717) is 12.4 Å². The molecule has 0 aliphatic carbocycles. The quantitative estimate of drug-likeness (QED) is 0.556. The minimum atomic E-state index is -0.307. The lowest BCUT2D eigenvalue weighted by molar-refractivity contribution is -0.915. The molecule has 84 valence electrons. The fourth-order valence-electron chi connectivity index (χ4n) is 2.19. The molecule has 3 rings (SSSR count). The number of amidine groups is 1. The van der Waals surface area contributed by atoms with Gasteiger partial charge in [-0.1, -0.05) is 0 Å². The normalized spacial score (nSPS) is 37.4. The maximum Gasteiger partial charge on any atom is 0.301 e. The van der Waals surface area contributed by atoms with Crippen molar-refractivity contribution in [1.29, 1.82) is 0 Å². The predicted octanol–water partition coefficient (Wildman–Crippen LogP) is -1.02. The Hall–Kier alpha value is -1.57. The number of aliphatic imine (C=N–C) groups is 2. The van der Waals surface area contributed by atoms with Crippen LogP contribution < -0.4 is 5.73 Å². The van der Waals surface area contributed by atoms with Gasteiger partial charge in [0.25, 0.3) is 5.96 Å². The summed E-state index contributed by atoms with van der Waals surface area (Å²) in [5.74, 6) is 0.920. The van der Waals surface area contributed by atoms with Crippen LogP contribution in [0.3, 0.4) is 0 Å². The second-order valence-electron chi connectivity index (χ2n) is 4.01. The Morgan fingerprint density at radius 2 is 2.44 bits per heavy atom. The van der Waals surface area contributed by atoms with E-state index in [9.17, 15) is 5.11 Å². The molecule has 0 saturated carbocycles. The van der Waals surface area contributed by atoms with Crippen LogP contribution in [0.1, 0.15) is 6.42 Å². The number of aliphatic hydroxyl groups excluding tert-OH is 1. The van der Waals surface area contributed by atoms with Gasteiger partial charge in [-0.2, -0.15) is 0 Å². The molecule has 0 aromatic carbocycles. The van der Waals surface area contributed by atoms with Crippen molar-refractivity contribution in [3.8, 4) is 0 Å². The third kappa shape index (κ3) is 1.22. The zero-order valence-corrected chi connectivity index (χ0v) is 8.69. The second kappa shape index (κ2) is 3.21. The summed E-state index contributed by atoms with van der Waals surface area (Å²) in [4.78, 5) is 8.16. The number of β-amino-alcohol motifs (C(OH)–C–C–N with tert-alkyl or cyclic N) is 1. The van der Waals surface area contributed by atoms with Gasteiger partial charge in [-0.05, 0) is 16.2 Å². The largest absolute Gasteiger partial charge is 0.392 e. The average molecular weight is 221 g/mol. The fraction of sp³-hybridized carbons (Fsp3) is 0.444. The summed E-state index contributed by atoms with van der Waals surface area (Å²) in [6.07, 6.45) is 5.57. The number of guanidine groups is 1. The number of aliphatic hydroxyl groups is 1. The third-order valence-electron chi connectivity index (χ3n) is 2.94. The second-order valence-corrected chi connectivity index (χ2v) is 4.01. The Balaban J connectivity index is 2.00. The van der Waals surface area contributed by atoms with Crippen LogP contribution >= 0.6 is 0 Å². The highest BCUT2D eigenvalue weighted by molar-refractivity contribution is 6.29. The molecule has 1 saturated heterocycles. The molecule has 0 aromatic rings. The maximum atomic E-state index is 9.58. The summed E-state index contributed by atoms with van der Waals surface area (Å²) in [6, 6.07) is 0. The van der Waals surface area contributed by atoms with E-state index in [1.807, 2.05) is 11.2 Å². The van der Waals surface area contributed by atoms with Crippen molar-refractivity contribution >= 4 is 18.0 Å². The third-order valence-corrected chi connectivity index (χ3v) is 2.94. The first-order chi connectivity index (χ1) is 7.71. The lowest BCUT2D eigenvalue weighted by Gasteiger charge is -2.31. The molecule has 3 heterocycles. The van der Waals surface area contributed by atoms with Gasteiger partial charge in [0.05, 0.1) is 25.4 Å². The van der Waals surface area contributed by atoms with Crippen LogP contribution in [0, 0.1) is 0 Å². The van der Waals surface area contributed by atoms with E-state index in [0.717, 1.165) is 13.0 Å². The highest BCUT2D eigenvalue weighted by atomic mass is 16.3. The van der Waals surface area contributed by atoms with Gasteiger partial charge < -0.3 is 10.8 Å². The maximum absolute atomic E-state index is 9.58. The highest BCUT2D eigenvalue weighted by Gasteiger charge is 2.48. The molecular formula is C9H13N6O+. The minimum absolute atomic E-state index is 0.117. The minimum Gasteiger partial charge on any atom is -0.392 e. The van der Waals surface area contributed by atoms with E-state index in [4.69, 9.17) is 5.73 Å². The topological polar surface area (TPSA) is 86.6 Å². The summed E-state index contributed by atoms with van der Waals surface area (Å²) < 4.78 is 0.117. The van der Waals surface area contributed by atoms with Crippen LogP contribution in [0.2, 0.25) is 0 Å². The van der Waals surface area contributed by atoms with E-state index in [2.05, 4.69) is 15.1 Å². The summed E-state index contributed by atoms with van der Waals surface area (Å²) in [6.45, 7) is 1.32. The molecule has 0 radical (unpaired) electrons. The first kappa shape index (κ1) is 9.64. The van der Waals surface area contributed by atoms with Crippen LogP contribution in [0.15, 0.2) is 27.5 Å². The Morgan fingerprint density at radius 1 is 1.56 bits per heavy atom. The first-order valence-corrected chi connectivity index (χ1v) is 5.19. The van der Waals surface area contributed by atoms with Crippen molar-refractivity contribution in [3.63, 3.8) is 0 Å². The van der Waals surface area contributed by atoms with E-state index < -0.39 is 0 Å². The lowest BCUT2D eigenvalue weighted by Crippen LogP contribution is -2.55. The van der Waals surface area contributed by atoms with Crippen molar-refractivity contribution in [3.05, 3.63) is 12.4 Å². The van der Waals surface area contributed by atoms with Gasteiger partial charge in [0.15, 0.2) is 6.20 Å². The number of hydrogen-bond donors (Lipinski definition) is 2. The van der Waals surface area contributed by atoms with Gasteiger partial charge in [0, 0.05) is 0 Å². The average Bonchev–Trinajstić information content (AvgIpc) is 2.81. The van der Waals surface area contributed by atoms with Crippen molar-refractivity contribution in [1.82, 2.24) is 5.01 Å². The molecule has 0 amide bonds. The molecule has 0 bridgehead atoms. The smallest absolute Gasteiger partial charge is 0.301 e. The monoisotopic (exact) mass is 221 g/mol. The van der Waals surface area contributed by atoms with Gasteiger partial charge in [0.1, 0.15) is 6.21 Å².